The molecule has 0 unspecified atom stereocenters. The van der Waals surface area contributed by atoms with E-state index >= 15 is 0 Å². The van der Waals surface area contributed by atoms with Crippen LogP contribution in [0.5, 0.6) is 0 Å². The molecule has 0 spiro atoms. The first kappa shape index (κ1) is 13.5. The van der Waals surface area contributed by atoms with E-state index < -0.39 is 0 Å². The molecule has 0 saturated carbocycles. The lowest BCUT2D eigenvalue weighted by Crippen LogP contribution is -2.40. The van der Waals surface area contributed by atoms with Gasteiger partial charge in [0.1, 0.15) is 5.69 Å². The number of rotatable bonds is 5. The van der Waals surface area contributed by atoms with Gasteiger partial charge in [0.15, 0.2) is 0 Å². The monoisotopic (exact) mass is 284 g/mol. The normalized spacial score (nSPS) is 17.0. The van der Waals surface area contributed by atoms with E-state index in [-0.39, 0.29) is 17.7 Å². The van der Waals surface area contributed by atoms with Gasteiger partial charge in [-0.15, -0.1) is 0 Å². The van der Waals surface area contributed by atoms with Crippen molar-refractivity contribution in [3.05, 3.63) is 53.8 Å². The topological polar surface area (TPSA) is 93.2 Å². The lowest BCUT2D eigenvalue weighted by Gasteiger charge is -2.25. The number of nitrogens with zero attached hydrogens (tertiary/aromatic N) is 1. The number of carbonyl (C=O) groups is 1. The molecular weight excluding hydrogens is 268 g/mol. The molecule has 0 aliphatic heterocycles. The summed E-state index contributed by atoms with van der Waals surface area (Å²) < 4.78 is 5.11. The Morgan fingerprint density at radius 3 is 2.86 bits per heavy atom. The van der Waals surface area contributed by atoms with Crippen LogP contribution in [0.15, 0.2) is 52.6 Å². The maximum Gasteiger partial charge on any atom is 0.290 e. The van der Waals surface area contributed by atoms with Gasteiger partial charge in [0, 0.05) is 18.2 Å². The highest BCUT2D eigenvalue weighted by Crippen LogP contribution is 2.21. The zero-order valence-electron chi connectivity index (χ0n) is 11.4. The summed E-state index contributed by atoms with van der Waals surface area (Å²) in [6, 6.07) is 11.3. The van der Waals surface area contributed by atoms with Gasteiger partial charge in [-0.1, -0.05) is 47.1 Å². The maximum atomic E-state index is 12.0. The number of amides is 1. The molecule has 0 saturated heterocycles. The Hall–Kier alpha value is -2.44. The molecule has 2 aromatic rings. The van der Waals surface area contributed by atoms with Crippen molar-refractivity contribution in [1.82, 2.24) is 15.9 Å². The highest BCUT2D eigenvalue weighted by molar-refractivity contribution is 5.92. The van der Waals surface area contributed by atoms with Gasteiger partial charge in [-0.2, -0.15) is 0 Å². The summed E-state index contributed by atoms with van der Waals surface area (Å²) in [6.07, 6.45) is 2.78. The molecule has 0 bridgehead atoms. The molecule has 0 radical (unpaired) electrons. The quantitative estimate of drug-likeness (QED) is 0.436. The molecule has 4 N–H and O–H groups in total. The standard InChI is InChI=1S/C15H16N4O2/c16-17-9-10-6-12(7-10)18-15(20)14-8-13(19-21-14)11-4-2-1-3-5-11/h1-6,8,12,17H,7,9,16H2,(H,18,20)/t12-/m0/s1. The molecular formula is C15H16N4O2. The molecule has 21 heavy (non-hydrogen) atoms. The Kier molecular flexibility index (Phi) is 3.81. The minimum atomic E-state index is -0.259. The average molecular weight is 284 g/mol. The van der Waals surface area contributed by atoms with Crippen LogP contribution in [0.1, 0.15) is 17.0 Å². The summed E-state index contributed by atoms with van der Waals surface area (Å²) in [5.74, 6) is 5.19. The van der Waals surface area contributed by atoms with Gasteiger partial charge in [-0.3, -0.25) is 16.1 Å². The smallest absolute Gasteiger partial charge is 0.290 e. The molecule has 1 aromatic carbocycles. The first-order valence-corrected chi connectivity index (χ1v) is 6.72. The molecule has 1 aromatic heterocycles. The largest absolute Gasteiger partial charge is 0.350 e. The Morgan fingerprint density at radius 2 is 2.14 bits per heavy atom. The van der Waals surface area contributed by atoms with E-state index in [4.69, 9.17) is 10.4 Å². The van der Waals surface area contributed by atoms with Crippen LogP contribution in [0, 0.1) is 0 Å². The predicted molar refractivity (Wildman–Crippen MR) is 78.1 cm³/mol. The molecule has 0 fully saturated rings. The first-order valence-electron chi connectivity index (χ1n) is 6.72. The van der Waals surface area contributed by atoms with Crippen molar-refractivity contribution in [2.75, 3.05) is 6.54 Å². The zero-order valence-corrected chi connectivity index (χ0v) is 11.4. The summed E-state index contributed by atoms with van der Waals surface area (Å²) in [7, 11) is 0. The van der Waals surface area contributed by atoms with Crippen molar-refractivity contribution < 1.29 is 9.32 Å². The molecule has 1 aliphatic carbocycles. The molecule has 6 nitrogen and oxygen atoms in total. The average Bonchev–Trinajstić information content (AvgIpc) is 2.96. The van der Waals surface area contributed by atoms with Crippen LogP contribution in [-0.2, 0) is 0 Å². The van der Waals surface area contributed by atoms with Crippen molar-refractivity contribution in [2.45, 2.75) is 12.5 Å². The van der Waals surface area contributed by atoms with Crippen LogP contribution >= 0.6 is 0 Å². The molecule has 1 aliphatic rings. The van der Waals surface area contributed by atoms with Crippen molar-refractivity contribution >= 4 is 5.91 Å². The van der Waals surface area contributed by atoms with E-state index in [0.717, 1.165) is 12.0 Å². The van der Waals surface area contributed by atoms with Gasteiger partial charge in [0.2, 0.25) is 5.76 Å². The number of hydrogen-bond donors (Lipinski definition) is 3. The van der Waals surface area contributed by atoms with Crippen LogP contribution in [0.25, 0.3) is 11.3 Å². The third-order valence-electron chi connectivity index (χ3n) is 3.37. The Labute approximate surface area is 122 Å². The number of aromatic nitrogens is 1. The second-order valence-electron chi connectivity index (χ2n) is 4.93. The van der Waals surface area contributed by atoms with Gasteiger partial charge >= 0.3 is 0 Å². The van der Waals surface area contributed by atoms with Gasteiger partial charge in [0.05, 0.1) is 6.04 Å². The SMILES string of the molecule is NNCC1=C[C@H](NC(=O)c2cc(-c3ccccc3)no2)C1. The van der Waals surface area contributed by atoms with Crippen molar-refractivity contribution in [1.29, 1.82) is 0 Å². The number of nitrogens with two attached hydrogens (primary N) is 1. The lowest BCUT2D eigenvalue weighted by atomic mass is 9.93. The van der Waals surface area contributed by atoms with E-state index in [9.17, 15) is 4.79 Å². The zero-order chi connectivity index (χ0) is 14.7. The van der Waals surface area contributed by atoms with Gasteiger partial charge in [-0.25, -0.2) is 0 Å². The molecule has 6 heteroatoms. The summed E-state index contributed by atoms with van der Waals surface area (Å²) >= 11 is 0. The highest BCUT2D eigenvalue weighted by atomic mass is 16.5. The molecule has 1 amide bonds. The van der Waals surface area contributed by atoms with Crippen molar-refractivity contribution in [2.24, 2.45) is 5.84 Å². The van der Waals surface area contributed by atoms with E-state index in [1.54, 1.807) is 6.07 Å². The van der Waals surface area contributed by atoms with E-state index in [1.165, 1.54) is 5.57 Å². The fourth-order valence-corrected chi connectivity index (χ4v) is 2.26. The summed E-state index contributed by atoms with van der Waals surface area (Å²) in [5.41, 5.74) is 5.34. The maximum absolute atomic E-state index is 12.0. The third kappa shape index (κ3) is 3.01. The fraction of sp³-hybridized carbons (Fsp3) is 0.200. The molecule has 3 rings (SSSR count). The van der Waals surface area contributed by atoms with Crippen LogP contribution in [0.2, 0.25) is 0 Å². The predicted octanol–water partition coefficient (Wildman–Crippen LogP) is 1.23. The van der Waals surface area contributed by atoms with Crippen molar-refractivity contribution in [3.63, 3.8) is 0 Å². The summed E-state index contributed by atoms with van der Waals surface area (Å²) in [6.45, 7) is 0.646. The Balaban J connectivity index is 1.63. The fourth-order valence-electron chi connectivity index (χ4n) is 2.26. The number of hydrazine groups is 1. The van der Waals surface area contributed by atoms with E-state index in [0.29, 0.717) is 12.2 Å². The molecule has 1 heterocycles. The van der Waals surface area contributed by atoms with Crippen LogP contribution in [0.4, 0.5) is 0 Å². The Morgan fingerprint density at radius 1 is 1.38 bits per heavy atom. The second kappa shape index (κ2) is 5.90. The van der Waals surface area contributed by atoms with E-state index in [1.807, 2.05) is 36.4 Å². The van der Waals surface area contributed by atoms with Gasteiger partial charge < -0.3 is 9.84 Å². The van der Waals surface area contributed by atoms with Gasteiger partial charge in [0.25, 0.3) is 5.91 Å². The first-order chi connectivity index (χ1) is 10.3. The molecule has 1 atom stereocenters. The number of hydrogen-bond acceptors (Lipinski definition) is 5. The number of benzene rings is 1. The highest BCUT2D eigenvalue weighted by Gasteiger charge is 2.23. The number of carbonyl (C=O) groups excluding carboxylic acids is 1. The lowest BCUT2D eigenvalue weighted by molar-refractivity contribution is 0.0904. The number of nitrogens with one attached hydrogen (secondary N) is 2. The second-order valence-corrected chi connectivity index (χ2v) is 4.93. The third-order valence-corrected chi connectivity index (χ3v) is 3.37. The van der Waals surface area contributed by atoms with Gasteiger partial charge in [-0.05, 0) is 6.42 Å². The van der Waals surface area contributed by atoms with Crippen molar-refractivity contribution in [3.8, 4) is 11.3 Å². The molecule has 108 valence electrons. The summed E-state index contributed by atoms with van der Waals surface area (Å²) in [5, 5.41) is 6.79. The van der Waals surface area contributed by atoms with Crippen LogP contribution < -0.4 is 16.6 Å². The van der Waals surface area contributed by atoms with Crippen LogP contribution in [-0.4, -0.2) is 23.7 Å². The van der Waals surface area contributed by atoms with Crippen LogP contribution in [0.3, 0.4) is 0 Å². The minimum Gasteiger partial charge on any atom is -0.350 e. The van der Waals surface area contributed by atoms with E-state index in [2.05, 4.69) is 15.9 Å². The Bertz CT molecular complexity index is 663. The summed E-state index contributed by atoms with van der Waals surface area (Å²) in [4.78, 5) is 12.0. The minimum absolute atomic E-state index is 0.0334.